The molecule has 0 spiro atoms. The molecular weight excluding hydrogens is 236 g/mol. The second-order valence-corrected chi connectivity index (χ2v) is 7.98. The van der Waals surface area contributed by atoms with E-state index in [1.165, 1.54) is 12.8 Å². The van der Waals surface area contributed by atoms with E-state index in [2.05, 4.69) is 5.32 Å². The molecule has 3 rings (SSSR count). The summed E-state index contributed by atoms with van der Waals surface area (Å²) in [6, 6.07) is 0.543. The molecule has 2 saturated carbocycles. The number of piperidine rings is 1. The predicted octanol–water partition coefficient (Wildman–Crippen LogP) is 0.943. The van der Waals surface area contributed by atoms with E-state index in [-0.39, 0.29) is 5.25 Å². The van der Waals surface area contributed by atoms with E-state index < -0.39 is 10.0 Å². The third kappa shape index (κ3) is 2.83. The molecule has 5 heteroatoms. The normalized spacial score (nSPS) is 28.5. The molecule has 0 atom stereocenters. The zero-order valence-corrected chi connectivity index (χ0v) is 11.1. The highest BCUT2D eigenvalue weighted by molar-refractivity contribution is 7.90. The summed E-state index contributed by atoms with van der Waals surface area (Å²) < 4.78 is 25.8. The maximum absolute atomic E-state index is 12.0. The quantitative estimate of drug-likeness (QED) is 0.798. The third-order valence-electron chi connectivity index (χ3n) is 4.15. The molecule has 3 fully saturated rings. The summed E-state index contributed by atoms with van der Waals surface area (Å²) in [5.41, 5.74) is 0. The van der Waals surface area contributed by atoms with Gasteiger partial charge in [-0.25, -0.2) is 12.7 Å². The second kappa shape index (κ2) is 4.52. The first kappa shape index (κ1) is 11.9. The van der Waals surface area contributed by atoms with Crippen LogP contribution in [0.4, 0.5) is 0 Å². The van der Waals surface area contributed by atoms with Crippen LogP contribution < -0.4 is 5.32 Å². The second-order valence-electron chi connectivity index (χ2n) is 5.77. The van der Waals surface area contributed by atoms with Crippen molar-refractivity contribution in [2.24, 2.45) is 5.92 Å². The fraction of sp³-hybridized carbons (Fsp3) is 1.00. The van der Waals surface area contributed by atoms with Crippen molar-refractivity contribution in [3.63, 3.8) is 0 Å². The lowest BCUT2D eigenvalue weighted by molar-refractivity contribution is 0.287. The molecule has 0 aromatic rings. The molecule has 0 bridgehead atoms. The van der Waals surface area contributed by atoms with Crippen molar-refractivity contribution in [2.45, 2.75) is 49.8 Å². The molecule has 0 radical (unpaired) electrons. The van der Waals surface area contributed by atoms with E-state index in [4.69, 9.17) is 0 Å². The Bertz CT molecular complexity index is 366. The van der Waals surface area contributed by atoms with Gasteiger partial charge in [0.1, 0.15) is 0 Å². The standard InChI is InChI=1S/C12H22N2O2S/c15-17(16,12-3-4-12)14-7-5-11(6-8-14)13-9-10-1-2-10/h10-13H,1-9H2. The lowest BCUT2D eigenvalue weighted by Gasteiger charge is -2.31. The molecule has 0 aromatic carbocycles. The first-order valence-electron chi connectivity index (χ1n) is 6.88. The van der Waals surface area contributed by atoms with Crippen LogP contribution in [0.1, 0.15) is 38.5 Å². The number of sulfonamides is 1. The van der Waals surface area contributed by atoms with Gasteiger partial charge in [-0.3, -0.25) is 0 Å². The number of nitrogens with zero attached hydrogens (tertiary/aromatic N) is 1. The average molecular weight is 258 g/mol. The molecule has 4 nitrogen and oxygen atoms in total. The van der Waals surface area contributed by atoms with Crippen molar-refractivity contribution in [3.05, 3.63) is 0 Å². The van der Waals surface area contributed by atoms with Crippen molar-refractivity contribution in [1.29, 1.82) is 0 Å². The fourth-order valence-corrected chi connectivity index (χ4v) is 4.42. The van der Waals surface area contributed by atoms with Crippen molar-refractivity contribution in [3.8, 4) is 0 Å². The number of rotatable bonds is 5. The molecule has 3 aliphatic rings. The Morgan fingerprint density at radius 3 is 2.18 bits per heavy atom. The summed E-state index contributed by atoms with van der Waals surface area (Å²) in [4.78, 5) is 0. The van der Waals surface area contributed by atoms with Gasteiger partial charge in [-0.15, -0.1) is 0 Å². The summed E-state index contributed by atoms with van der Waals surface area (Å²) in [6.45, 7) is 2.59. The fourth-order valence-electron chi connectivity index (χ4n) is 2.55. The van der Waals surface area contributed by atoms with Crippen LogP contribution in [-0.2, 0) is 10.0 Å². The van der Waals surface area contributed by atoms with Crippen LogP contribution in [-0.4, -0.2) is 43.6 Å². The van der Waals surface area contributed by atoms with Gasteiger partial charge in [-0.1, -0.05) is 0 Å². The highest BCUT2D eigenvalue weighted by atomic mass is 32.2. The molecule has 0 unspecified atom stereocenters. The summed E-state index contributed by atoms with van der Waals surface area (Å²) >= 11 is 0. The Morgan fingerprint density at radius 1 is 1.00 bits per heavy atom. The van der Waals surface area contributed by atoms with Gasteiger partial charge in [-0.2, -0.15) is 0 Å². The number of hydrogen-bond donors (Lipinski definition) is 1. The minimum Gasteiger partial charge on any atom is -0.314 e. The van der Waals surface area contributed by atoms with Crippen molar-refractivity contribution in [2.75, 3.05) is 19.6 Å². The maximum Gasteiger partial charge on any atom is 0.216 e. The van der Waals surface area contributed by atoms with Crippen LogP contribution in [0.5, 0.6) is 0 Å². The molecule has 1 aliphatic heterocycles. The Kier molecular flexibility index (Phi) is 3.17. The smallest absolute Gasteiger partial charge is 0.216 e. The molecule has 0 amide bonds. The summed E-state index contributed by atoms with van der Waals surface area (Å²) in [5, 5.41) is 3.54. The SMILES string of the molecule is O=S(=O)(C1CC1)N1CCC(NCC2CC2)CC1. The van der Waals surface area contributed by atoms with E-state index in [0.29, 0.717) is 6.04 Å². The summed E-state index contributed by atoms with van der Waals surface area (Å²) in [5.74, 6) is 0.906. The Labute approximate surface area is 104 Å². The molecule has 98 valence electrons. The number of nitrogens with one attached hydrogen (secondary N) is 1. The molecule has 1 heterocycles. The summed E-state index contributed by atoms with van der Waals surface area (Å²) in [6.07, 6.45) is 6.48. The Balaban J connectivity index is 1.46. The highest BCUT2D eigenvalue weighted by Gasteiger charge is 2.41. The zero-order valence-electron chi connectivity index (χ0n) is 10.3. The van der Waals surface area contributed by atoms with Crippen molar-refractivity contribution < 1.29 is 8.42 Å². The van der Waals surface area contributed by atoms with E-state index in [1.54, 1.807) is 4.31 Å². The van der Waals surface area contributed by atoms with Crippen molar-refractivity contribution >= 4 is 10.0 Å². The van der Waals surface area contributed by atoms with Gasteiger partial charge in [0, 0.05) is 19.1 Å². The molecule has 1 saturated heterocycles. The molecule has 2 aliphatic carbocycles. The number of hydrogen-bond acceptors (Lipinski definition) is 3. The van der Waals surface area contributed by atoms with Gasteiger partial charge >= 0.3 is 0 Å². The maximum atomic E-state index is 12.0. The monoisotopic (exact) mass is 258 g/mol. The van der Waals surface area contributed by atoms with E-state index in [9.17, 15) is 8.42 Å². The van der Waals surface area contributed by atoms with Crippen molar-refractivity contribution in [1.82, 2.24) is 9.62 Å². The van der Waals surface area contributed by atoms with E-state index in [0.717, 1.165) is 51.2 Å². The minimum absolute atomic E-state index is 0.0431. The Hall–Kier alpha value is -0.130. The third-order valence-corrected chi connectivity index (χ3v) is 6.55. The van der Waals surface area contributed by atoms with Gasteiger partial charge in [0.15, 0.2) is 0 Å². The molecule has 0 aromatic heterocycles. The highest BCUT2D eigenvalue weighted by Crippen LogP contribution is 2.32. The summed E-state index contributed by atoms with van der Waals surface area (Å²) in [7, 11) is -2.93. The molecule has 17 heavy (non-hydrogen) atoms. The van der Waals surface area contributed by atoms with Gasteiger partial charge in [-0.05, 0) is 51.0 Å². The van der Waals surface area contributed by atoms with Crippen LogP contribution >= 0.6 is 0 Å². The van der Waals surface area contributed by atoms with E-state index in [1.807, 2.05) is 0 Å². The van der Waals surface area contributed by atoms with Gasteiger partial charge < -0.3 is 5.32 Å². The van der Waals surface area contributed by atoms with Crippen LogP contribution in [0.25, 0.3) is 0 Å². The van der Waals surface area contributed by atoms with Crippen LogP contribution in [0, 0.1) is 5.92 Å². The van der Waals surface area contributed by atoms with Gasteiger partial charge in [0.25, 0.3) is 0 Å². The first-order chi connectivity index (χ1) is 8.16. The van der Waals surface area contributed by atoms with Crippen LogP contribution in [0.3, 0.4) is 0 Å². The lowest BCUT2D eigenvalue weighted by atomic mass is 10.1. The van der Waals surface area contributed by atoms with Gasteiger partial charge in [0.05, 0.1) is 5.25 Å². The average Bonchev–Trinajstić information content (AvgIpc) is 3.19. The van der Waals surface area contributed by atoms with Gasteiger partial charge in [0.2, 0.25) is 10.0 Å². The molecule has 1 N–H and O–H groups in total. The molecular formula is C12H22N2O2S. The van der Waals surface area contributed by atoms with Crippen LogP contribution in [0.15, 0.2) is 0 Å². The largest absolute Gasteiger partial charge is 0.314 e. The predicted molar refractivity (Wildman–Crippen MR) is 67.3 cm³/mol. The minimum atomic E-state index is -2.93. The first-order valence-corrected chi connectivity index (χ1v) is 8.39. The van der Waals surface area contributed by atoms with Crippen LogP contribution in [0.2, 0.25) is 0 Å². The topological polar surface area (TPSA) is 49.4 Å². The lowest BCUT2D eigenvalue weighted by Crippen LogP contribution is -2.46. The zero-order chi connectivity index (χ0) is 11.9. The van der Waals surface area contributed by atoms with E-state index >= 15 is 0 Å². The Morgan fingerprint density at radius 2 is 1.65 bits per heavy atom.